The molecule has 1 heterocycles. The average Bonchev–Trinajstić information content (AvgIpc) is 1.91. The molecule has 0 spiro atoms. The van der Waals surface area contributed by atoms with E-state index in [0.29, 0.717) is 6.42 Å². The zero-order valence-electron chi connectivity index (χ0n) is 5.20. The van der Waals surface area contributed by atoms with E-state index < -0.39 is 0 Å². The van der Waals surface area contributed by atoms with Crippen molar-refractivity contribution in [3.05, 3.63) is 12.3 Å². The lowest BCUT2D eigenvalue weighted by atomic mass is 10.3. The van der Waals surface area contributed by atoms with Gasteiger partial charge in [-0.05, 0) is 12.5 Å². The molecule has 0 saturated carbocycles. The third kappa shape index (κ3) is 5.17. The molecule has 4 nitrogen and oxygen atoms in total. The van der Waals surface area contributed by atoms with E-state index >= 15 is 0 Å². The molecule has 0 atom stereocenters. The first kappa shape index (κ1) is 9.03. The van der Waals surface area contributed by atoms with Crippen molar-refractivity contribution >= 4 is 17.4 Å². The van der Waals surface area contributed by atoms with Gasteiger partial charge in [-0.2, -0.15) is 4.21 Å². The van der Waals surface area contributed by atoms with Crippen LogP contribution in [0.2, 0.25) is 0 Å². The molecule has 0 aromatic heterocycles. The van der Waals surface area contributed by atoms with Gasteiger partial charge in [0.1, 0.15) is 0 Å². The van der Waals surface area contributed by atoms with E-state index in [9.17, 15) is 4.79 Å². The van der Waals surface area contributed by atoms with Crippen LogP contribution in [-0.2, 0) is 21.0 Å². The zero-order valence-corrected chi connectivity index (χ0v) is 6.02. The maximum absolute atomic E-state index is 10.2. The van der Waals surface area contributed by atoms with Gasteiger partial charge >= 0.3 is 5.97 Å². The molecule has 0 aromatic rings. The van der Waals surface area contributed by atoms with Gasteiger partial charge in [-0.1, -0.05) is 0 Å². The van der Waals surface area contributed by atoms with Crippen LogP contribution < -0.4 is 0 Å². The average molecular weight is 161 g/mol. The Morgan fingerprint density at radius 2 is 2.30 bits per heavy atom. The summed E-state index contributed by atoms with van der Waals surface area (Å²) in [5.74, 6) is -0.123. The number of hydrogen-bond acceptors (Lipinski definition) is 4. The van der Waals surface area contributed by atoms with E-state index in [4.69, 9.17) is 8.99 Å². The van der Waals surface area contributed by atoms with Crippen molar-refractivity contribution in [3.8, 4) is 0 Å². The minimum absolute atomic E-state index is 0.123. The molecule has 0 amide bonds. The summed E-state index contributed by atoms with van der Waals surface area (Å²) >= 11 is -0.250. The highest BCUT2D eigenvalue weighted by Gasteiger charge is 2.01. The van der Waals surface area contributed by atoms with Crippen LogP contribution >= 0.6 is 0 Å². The van der Waals surface area contributed by atoms with Crippen LogP contribution in [-0.4, -0.2) is 10.2 Å². The molecule has 1 aliphatic rings. The molecule has 10 heavy (non-hydrogen) atoms. The fraction of sp³-hybridized carbons (Fsp3) is 0.400. The van der Waals surface area contributed by atoms with Crippen LogP contribution in [0.4, 0.5) is 0 Å². The first-order chi connectivity index (χ1) is 4.81. The van der Waals surface area contributed by atoms with Crippen molar-refractivity contribution in [3.63, 3.8) is 0 Å². The predicted octanol–water partition coefficient (Wildman–Crippen LogP) is 0.799. The van der Waals surface area contributed by atoms with Gasteiger partial charge in [-0.25, -0.2) is 4.78 Å². The molecule has 1 aliphatic heterocycles. The summed E-state index contributed by atoms with van der Waals surface area (Å²) < 4.78 is 18.5. The summed E-state index contributed by atoms with van der Waals surface area (Å²) in [7, 11) is 0. The monoisotopic (exact) mass is 161 g/mol. The highest BCUT2D eigenvalue weighted by atomic mass is 32.1. The fourth-order valence-corrected chi connectivity index (χ4v) is 0.452. The summed E-state index contributed by atoms with van der Waals surface area (Å²) in [4.78, 5) is 10.2. The molecule has 0 saturated heterocycles. The maximum Gasteiger partial charge on any atom is 0.310 e. The van der Waals surface area contributed by atoms with Crippen LogP contribution in [0.15, 0.2) is 12.3 Å². The van der Waals surface area contributed by atoms with Gasteiger partial charge in [0, 0.05) is 6.42 Å². The maximum atomic E-state index is 10.2. The quantitative estimate of drug-likeness (QED) is 0.534. The second-order valence-electron chi connectivity index (χ2n) is 1.48. The Balaban J connectivity index is 0.000000236. The van der Waals surface area contributed by atoms with Crippen molar-refractivity contribution in [1.29, 1.82) is 4.78 Å². The SMILES string of the molecule is N=S=O.O=C1CCC=CO1. The molecule has 0 bridgehead atoms. The number of carbonyl (C=O) groups is 1. The Kier molecular flexibility index (Phi) is 5.56. The van der Waals surface area contributed by atoms with Gasteiger partial charge < -0.3 is 4.74 Å². The van der Waals surface area contributed by atoms with E-state index in [0.717, 1.165) is 6.42 Å². The molecule has 1 N–H and O–H groups in total. The molecule has 0 aliphatic carbocycles. The lowest BCUT2D eigenvalue weighted by Gasteiger charge is -1.99. The highest BCUT2D eigenvalue weighted by molar-refractivity contribution is 7.53. The van der Waals surface area contributed by atoms with Crippen molar-refractivity contribution in [2.45, 2.75) is 12.8 Å². The summed E-state index contributed by atoms with van der Waals surface area (Å²) in [5.41, 5.74) is 0. The van der Waals surface area contributed by atoms with Gasteiger partial charge in [0.05, 0.1) is 6.26 Å². The first-order valence-corrected chi connectivity index (χ1v) is 3.35. The van der Waals surface area contributed by atoms with Gasteiger partial charge in [0.2, 0.25) is 0 Å². The summed E-state index contributed by atoms with van der Waals surface area (Å²) in [5, 5.41) is 0. The van der Waals surface area contributed by atoms with Crippen LogP contribution in [0.25, 0.3) is 0 Å². The Labute approximate surface area is 61.9 Å². The molecular formula is C5H7NO3S. The van der Waals surface area contributed by atoms with Crippen LogP contribution in [0.5, 0.6) is 0 Å². The third-order valence-electron chi connectivity index (χ3n) is 0.811. The van der Waals surface area contributed by atoms with Crippen LogP contribution in [0.1, 0.15) is 12.8 Å². The smallest absolute Gasteiger partial charge is 0.310 e. The number of allylic oxidation sites excluding steroid dienone is 1. The van der Waals surface area contributed by atoms with Gasteiger partial charge in [-0.15, -0.1) is 0 Å². The minimum Gasteiger partial charge on any atom is -0.435 e. The number of carbonyl (C=O) groups excluding carboxylic acids is 1. The van der Waals surface area contributed by atoms with Gasteiger partial charge in [-0.3, -0.25) is 4.79 Å². The van der Waals surface area contributed by atoms with Crippen molar-refractivity contribution in [2.24, 2.45) is 0 Å². The fourth-order valence-electron chi connectivity index (χ4n) is 0.452. The lowest BCUT2D eigenvalue weighted by Crippen LogP contribution is -2.01. The first-order valence-electron chi connectivity index (χ1n) is 2.61. The highest BCUT2D eigenvalue weighted by Crippen LogP contribution is 2.00. The van der Waals surface area contributed by atoms with E-state index in [2.05, 4.69) is 4.74 Å². The second kappa shape index (κ2) is 6.15. The number of ether oxygens (including phenoxy) is 1. The number of rotatable bonds is 0. The molecular weight excluding hydrogens is 154 g/mol. The predicted molar refractivity (Wildman–Crippen MR) is 35.3 cm³/mol. The zero-order chi connectivity index (χ0) is 7.82. The molecule has 1 rings (SSSR count). The minimum atomic E-state index is -0.250. The normalized spacial score (nSPS) is 14.6. The van der Waals surface area contributed by atoms with Gasteiger partial charge in [0.15, 0.2) is 11.5 Å². The van der Waals surface area contributed by atoms with E-state index in [-0.39, 0.29) is 17.4 Å². The molecule has 0 radical (unpaired) electrons. The van der Waals surface area contributed by atoms with Crippen molar-refractivity contribution < 1.29 is 13.7 Å². The van der Waals surface area contributed by atoms with Crippen molar-refractivity contribution in [1.82, 2.24) is 0 Å². The molecule has 0 aromatic carbocycles. The van der Waals surface area contributed by atoms with E-state index in [1.54, 1.807) is 0 Å². The molecule has 56 valence electrons. The summed E-state index contributed by atoms with van der Waals surface area (Å²) in [6.45, 7) is 0. The van der Waals surface area contributed by atoms with E-state index in [1.807, 2.05) is 6.08 Å². The second-order valence-corrected chi connectivity index (χ2v) is 1.65. The topological polar surface area (TPSA) is 67.2 Å². The Hall–Kier alpha value is -0.970. The van der Waals surface area contributed by atoms with E-state index in [1.165, 1.54) is 6.26 Å². The largest absolute Gasteiger partial charge is 0.435 e. The lowest BCUT2D eigenvalue weighted by molar-refractivity contribution is -0.138. The standard InChI is InChI=1S/C5H6O2.HNOS/c6-5-3-1-2-4-7-5;1-3-2/h2,4H,1,3H2;1H. The Bertz CT molecular complexity index is 172. The summed E-state index contributed by atoms with van der Waals surface area (Å²) in [6.07, 6.45) is 4.64. The molecule has 0 fully saturated rings. The van der Waals surface area contributed by atoms with Crippen LogP contribution in [0, 0.1) is 4.78 Å². The number of nitrogens with one attached hydrogen (secondary N) is 1. The molecule has 5 heteroatoms. The van der Waals surface area contributed by atoms with Crippen molar-refractivity contribution in [2.75, 3.05) is 0 Å². The Morgan fingerprint density at radius 3 is 2.50 bits per heavy atom. The number of esters is 1. The number of cyclic esters (lactones) is 1. The number of hydrogen-bond donors (Lipinski definition) is 1. The Morgan fingerprint density at radius 1 is 1.70 bits per heavy atom. The van der Waals surface area contributed by atoms with Gasteiger partial charge in [0.25, 0.3) is 0 Å². The third-order valence-corrected chi connectivity index (χ3v) is 0.811. The molecule has 0 unspecified atom stereocenters. The summed E-state index contributed by atoms with van der Waals surface area (Å²) in [6, 6.07) is 0. The van der Waals surface area contributed by atoms with Crippen LogP contribution in [0.3, 0.4) is 0 Å².